The van der Waals surface area contributed by atoms with Crippen molar-refractivity contribution in [3.63, 3.8) is 0 Å². The second-order valence-electron chi connectivity index (χ2n) is 8.92. The molecule has 34 heavy (non-hydrogen) atoms. The van der Waals surface area contributed by atoms with Gasteiger partial charge in [0.2, 0.25) is 11.6 Å². The van der Waals surface area contributed by atoms with Crippen LogP contribution < -0.4 is 20.3 Å². The molecule has 0 spiro atoms. The zero-order valence-corrected chi connectivity index (χ0v) is 20.4. The standard InChI is InChI=1S/C26H23Cl2N3O3/c1-14-10-15(2)12-19(11-14)31-25(33)30-23-20-13-17(28)6-9-21(20)34-26(31,3)22(23)24(32)29-18-7-4-16(27)5-8-18/h4-13,22-23H,1-3H3,(H,29,32)(H,30,33)/t22-,23+,26+/m1/s1. The molecule has 3 aromatic rings. The number of carbonyl (C=O) groups is 2. The predicted octanol–water partition coefficient (Wildman–Crippen LogP) is 6.24. The molecule has 0 radical (unpaired) electrons. The van der Waals surface area contributed by atoms with Gasteiger partial charge in [-0.2, -0.15) is 0 Å². The van der Waals surface area contributed by atoms with Gasteiger partial charge in [0.25, 0.3) is 0 Å². The van der Waals surface area contributed by atoms with Gasteiger partial charge in [0.1, 0.15) is 11.7 Å². The van der Waals surface area contributed by atoms with Crippen molar-refractivity contribution in [1.82, 2.24) is 5.32 Å². The molecule has 0 aliphatic carbocycles. The number of amides is 3. The van der Waals surface area contributed by atoms with Gasteiger partial charge in [-0.05, 0) is 86.5 Å². The van der Waals surface area contributed by atoms with Crippen molar-refractivity contribution >= 4 is 46.5 Å². The van der Waals surface area contributed by atoms with Crippen LogP contribution in [0.3, 0.4) is 0 Å². The van der Waals surface area contributed by atoms with E-state index >= 15 is 0 Å². The van der Waals surface area contributed by atoms with Crippen molar-refractivity contribution in [1.29, 1.82) is 0 Å². The number of benzene rings is 3. The number of nitrogens with one attached hydrogen (secondary N) is 2. The van der Waals surface area contributed by atoms with E-state index in [9.17, 15) is 9.59 Å². The zero-order chi connectivity index (χ0) is 24.2. The lowest BCUT2D eigenvalue weighted by Crippen LogP contribution is -2.72. The fraction of sp³-hybridized carbons (Fsp3) is 0.231. The Morgan fingerprint density at radius 1 is 1.00 bits per heavy atom. The van der Waals surface area contributed by atoms with Crippen molar-refractivity contribution in [2.24, 2.45) is 5.92 Å². The van der Waals surface area contributed by atoms with Crippen LogP contribution in [0.5, 0.6) is 5.75 Å². The molecule has 0 unspecified atom stereocenters. The van der Waals surface area contributed by atoms with Crippen molar-refractivity contribution in [3.8, 4) is 5.75 Å². The summed E-state index contributed by atoms with van der Waals surface area (Å²) in [6, 6.07) is 17.0. The van der Waals surface area contributed by atoms with Gasteiger partial charge in [0, 0.05) is 27.0 Å². The van der Waals surface area contributed by atoms with Gasteiger partial charge >= 0.3 is 6.03 Å². The van der Waals surface area contributed by atoms with Crippen LogP contribution in [0.15, 0.2) is 60.7 Å². The van der Waals surface area contributed by atoms with Gasteiger partial charge < -0.3 is 15.4 Å². The number of aryl methyl sites for hydroxylation is 2. The Balaban J connectivity index is 1.64. The molecule has 6 nitrogen and oxygen atoms in total. The van der Waals surface area contributed by atoms with Crippen LogP contribution >= 0.6 is 23.2 Å². The first-order valence-corrected chi connectivity index (χ1v) is 11.7. The summed E-state index contributed by atoms with van der Waals surface area (Å²) in [6.07, 6.45) is 0. The number of anilines is 2. The molecule has 3 atom stereocenters. The quantitative estimate of drug-likeness (QED) is 0.451. The maximum absolute atomic E-state index is 13.7. The highest BCUT2D eigenvalue weighted by Crippen LogP contribution is 2.50. The van der Waals surface area contributed by atoms with Crippen LogP contribution in [0.25, 0.3) is 0 Å². The second kappa shape index (κ2) is 8.22. The average molecular weight is 496 g/mol. The van der Waals surface area contributed by atoms with Crippen molar-refractivity contribution in [2.75, 3.05) is 10.2 Å². The van der Waals surface area contributed by atoms with E-state index < -0.39 is 17.7 Å². The highest BCUT2D eigenvalue weighted by Gasteiger charge is 2.60. The molecule has 0 saturated carbocycles. The monoisotopic (exact) mass is 495 g/mol. The van der Waals surface area contributed by atoms with E-state index in [4.69, 9.17) is 27.9 Å². The minimum Gasteiger partial charge on any atom is -0.466 e. The predicted molar refractivity (Wildman–Crippen MR) is 134 cm³/mol. The first-order valence-electron chi connectivity index (χ1n) is 10.9. The third kappa shape index (κ3) is 3.77. The summed E-state index contributed by atoms with van der Waals surface area (Å²) in [5.74, 6) is -0.510. The number of fused-ring (bicyclic) bond motifs is 4. The lowest BCUT2D eigenvalue weighted by atomic mass is 9.78. The van der Waals surface area contributed by atoms with E-state index in [1.54, 1.807) is 49.4 Å². The number of hydrogen-bond acceptors (Lipinski definition) is 3. The first-order chi connectivity index (χ1) is 16.2. The molecule has 8 heteroatoms. The minimum atomic E-state index is -1.30. The fourth-order valence-electron chi connectivity index (χ4n) is 4.98. The normalized spacial score (nSPS) is 23.0. The minimum absolute atomic E-state index is 0.296. The van der Waals surface area contributed by atoms with E-state index in [1.807, 2.05) is 32.0 Å². The Morgan fingerprint density at radius 3 is 2.32 bits per heavy atom. The van der Waals surface area contributed by atoms with Gasteiger partial charge in [-0.15, -0.1) is 0 Å². The molecule has 5 rings (SSSR count). The molecule has 174 valence electrons. The second-order valence-corrected chi connectivity index (χ2v) is 9.79. The van der Waals surface area contributed by atoms with Crippen molar-refractivity contribution in [3.05, 3.63) is 87.4 Å². The van der Waals surface area contributed by atoms with E-state index in [2.05, 4.69) is 10.6 Å². The van der Waals surface area contributed by atoms with Crippen LogP contribution in [-0.4, -0.2) is 17.7 Å². The molecule has 1 fully saturated rings. The number of hydrogen-bond donors (Lipinski definition) is 2. The molecule has 3 aromatic carbocycles. The summed E-state index contributed by atoms with van der Waals surface area (Å²) in [7, 11) is 0. The molecule has 2 heterocycles. The molecular formula is C26H23Cl2N3O3. The maximum atomic E-state index is 13.7. The molecule has 2 bridgehead atoms. The SMILES string of the molecule is Cc1cc(C)cc(N2C(=O)N[C@H]3c4cc(Cl)ccc4O[C@@]2(C)[C@H]3C(=O)Nc2ccc(Cl)cc2)c1. The smallest absolute Gasteiger partial charge is 0.325 e. The number of urea groups is 1. The van der Waals surface area contributed by atoms with E-state index in [1.165, 1.54) is 4.90 Å². The Bertz CT molecular complexity index is 1290. The Labute approximate surface area is 207 Å². The highest BCUT2D eigenvalue weighted by molar-refractivity contribution is 6.31. The highest BCUT2D eigenvalue weighted by atomic mass is 35.5. The summed E-state index contributed by atoms with van der Waals surface area (Å²) >= 11 is 12.3. The lowest BCUT2D eigenvalue weighted by Gasteiger charge is -2.54. The number of nitrogens with zero attached hydrogens (tertiary/aromatic N) is 1. The van der Waals surface area contributed by atoms with Crippen molar-refractivity contribution in [2.45, 2.75) is 32.5 Å². The van der Waals surface area contributed by atoms with Gasteiger partial charge in [-0.3, -0.25) is 9.69 Å². The van der Waals surface area contributed by atoms with Crippen molar-refractivity contribution < 1.29 is 14.3 Å². The summed E-state index contributed by atoms with van der Waals surface area (Å²) in [4.78, 5) is 28.7. The molecule has 3 amide bonds. The van der Waals surface area contributed by atoms with Crippen LogP contribution in [-0.2, 0) is 4.79 Å². The molecule has 2 aliphatic rings. The number of rotatable bonds is 3. The molecule has 2 aliphatic heterocycles. The Hall–Kier alpha value is -3.22. The van der Waals surface area contributed by atoms with Gasteiger partial charge in [-0.1, -0.05) is 29.3 Å². The third-order valence-corrected chi connectivity index (χ3v) is 6.81. The van der Waals surface area contributed by atoms with Gasteiger partial charge in [-0.25, -0.2) is 4.79 Å². The Kier molecular flexibility index (Phi) is 5.46. The summed E-state index contributed by atoms with van der Waals surface area (Å²) in [5.41, 5.74) is 2.60. The Morgan fingerprint density at radius 2 is 1.65 bits per heavy atom. The number of halogens is 2. The van der Waals surface area contributed by atoms with E-state index in [0.717, 1.165) is 11.1 Å². The molecule has 0 aromatic heterocycles. The molecule has 2 N–H and O–H groups in total. The summed E-state index contributed by atoms with van der Waals surface area (Å²) in [6.45, 7) is 5.71. The largest absolute Gasteiger partial charge is 0.466 e. The third-order valence-electron chi connectivity index (χ3n) is 6.32. The van der Waals surface area contributed by atoms with Gasteiger partial charge in [0.05, 0.1) is 6.04 Å². The zero-order valence-electron chi connectivity index (χ0n) is 18.9. The van der Waals surface area contributed by atoms with E-state index in [-0.39, 0.29) is 11.9 Å². The first kappa shape index (κ1) is 22.6. The van der Waals surface area contributed by atoms with Crippen LogP contribution in [0, 0.1) is 19.8 Å². The maximum Gasteiger partial charge on any atom is 0.325 e. The molecule has 1 saturated heterocycles. The van der Waals surface area contributed by atoms with Crippen LogP contribution in [0.2, 0.25) is 10.0 Å². The van der Waals surface area contributed by atoms with Crippen LogP contribution in [0.4, 0.5) is 16.2 Å². The number of carbonyl (C=O) groups excluding carboxylic acids is 2. The van der Waals surface area contributed by atoms with E-state index in [0.29, 0.717) is 32.7 Å². The average Bonchev–Trinajstić information content (AvgIpc) is 2.74. The summed E-state index contributed by atoms with van der Waals surface area (Å²) < 4.78 is 6.48. The molecular weight excluding hydrogens is 473 g/mol. The fourth-order valence-corrected chi connectivity index (χ4v) is 5.28. The number of ether oxygens (including phenoxy) is 1. The topological polar surface area (TPSA) is 70.7 Å². The van der Waals surface area contributed by atoms with Gasteiger partial charge in [0.15, 0.2) is 0 Å². The lowest BCUT2D eigenvalue weighted by molar-refractivity contribution is -0.131. The van der Waals surface area contributed by atoms with Crippen LogP contribution in [0.1, 0.15) is 29.7 Å². The summed E-state index contributed by atoms with van der Waals surface area (Å²) in [5, 5.41) is 7.06.